The van der Waals surface area contributed by atoms with Crippen LogP contribution in [0.4, 0.5) is 0 Å². The zero-order valence-electron chi connectivity index (χ0n) is 20.9. The average molecular weight is 539 g/mol. The maximum atomic E-state index is 12.7. The number of carbonyl (C=O) groups excluding carboxylic acids is 1. The molecule has 0 aromatic heterocycles. The fourth-order valence-corrected chi connectivity index (χ4v) is 8.77. The highest BCUT2D eigenvalue weighted by atomic mass is 32.2. The van der Waals surface area contributed by atoms with Crippen molar-refractivity contribution in [2.75, 3.05) is 6.61 Å². The quantitative estimate of drug-likeness (QED) is 0.254. The van der Waals surface area contributed by atoms with Crippen LogP contribution in [0.15, 0.2) is 72.8 Å². The third-order valence-electron chi connectivity index (χ3n) is 7.31. The molecule has 194 valence electrons. The van der Waals surface area contributed by atoms with E-state index in [4.69, 9.17) is 13.7 Å². The van der Waals surface area contributed by atoms with E-state index in [0.29, 0.717) is 5.75 Å². The van der Waals surface area contributed by atoms with E-state index in [1.54, 1.807) is 0 Å². The molecule has 0 N–H and O–H groups in total. The van der Waals surface area contributed by atoms with Crippen molar-refractivity contribution in [1.82, 2.24) is 0 Å². The zero-order chi connectivity index (χ0) is 25.9. The van der Waals surface area contributed by atoms with Crippen molar-refractivity contribution in [2.45, 2.75) is 45.3 Å². The van der Waals surface area contributed by atoms with Crippen molar-refractivity contribution in [3.8, 4) is 5.75 Å². The molecule has 0 heterocycles. The van der Waals surface area contributed by atoms with Gasteiger partial charge in [-0.3, -0.25) is 4.18 Å². The van der Waals surface area contributed by atoms with Gasteiger partial charge in [-0.1, -0.05) is 60.7 Å². The highest BCUT2D eigenvalue weighted by Gasteiger charge is 2.51. The van der Waals surface area contributed by atoms with E-state index in [0.717, 1.165) is 30.4 Å². The lowest BCUT2D eigenvalue weighted by Crippen LogP contribution is -2.39. The van der Waals surface area contributed by atoms with Crippen LogP contribution in [-0.2, 0) is 24.7 Å². The summed E-state index contributed by atoms with van der Waals surface area (Å²) in [6, 6.07) is 25.3. The van der Waals surface area contributed by atoms with E-state index in [2.05, 4.69) is 60.7 Å². The summed E-state index contributed by atoms with van der Waals surface area (Å²) in [6.07, 6.45) is 1.54. The molecular formula is C29H31O6PS. The predicted molar refractivity (Wildman–Crippen MR) is 146 cm³/mol. The summed E-state index contributed by atoms with van der Waals surface area (Å²) in [5.41, 5.74) is 1.90. The monoisotopic (exact) mass is 538 g/mol. The van der Waals surface area contributed by atoms with Gasteiger partial charge in [-0.2, -0.15) is 0 Å². The predicted octanol–water partition coefficient (Wildman–Crippen LogP) is 3.69. The Morgan fingerprint density at radius 1 is 0.838 bits per heavy atom. The Kier molecular flexibility index (Phi) is 7.94. The summed E-state index contributed by atoms with van der Waals surface area (Å²) < 4.78 is 39.1. The maximum Gasteiger partial charge on any atom is 0.344 e. The van der Waals surface area contributed by atoms with Gasteiger partial charge in [0.1, 0.15) is 18.0 Å². The number of thiol groups is 1. The van der Waals surface area contributed by atoms with Crippen molar-refractivity contribution < 1.29 is 26.9 Å². The average Bonchev–Trinajstić information content (AvgIpc) is 3.47. The third kappa shape index (κ3) is 5.74. The number of esters is 1. The number of ether oxygens (including phenoxy) is 2. The molecule has 4 atom stereocenters. The van der Waals surface area contributed by atoms with Crippen molar-refractivity contribution >= 4 is 40.8 Å². The largest absolute Gasteiger partial charge is 0.481 e. The number of rotatable bonds is 9. The summed E-state index contributed by atoms with van der Waals surface area (Å²) in [4.78, 5) is 12.7. The first-order valence-corrected chi connectivity index (χ1v) is 15.0. The molecule has 0 spiro atoms. The normalized spacial score (nSPS) is 22.5. The fraction of sp³-hybridized carbons (Fsp3) is 0.345. The molecule has 0 aliphatic heterocycles. The van der Waals surface area contributed by atoms with Gasteiger partial charge in [-0.25, -0.2) is 13.2 Å². The first kappa shape index (κ1) is 25.9. The minimum Gasteiger partial charge on any atom is -0.481 e. The maximum absolute atomic E-state index is 12.7. The Bertz CT molecular complexity index is 1260. The van der Waals surface area contributed by atoms with Gasteiger partial charge in [0, 0.05) is 0 Å². The molecule has 0 amide bonds. The zero-order valence-corrected chi connectivity index (χ0v) is 22.7. The number of aryl methyl sites for hydroxylation is 2. The molecule has 3 aromatic rings. The minimum atomic E-state index is -2.99. The van der Waals surface area contributed by atoms with Gasteiger partial charge >= 0.3 is 5.97 Å². The Balaban J connectivity index is 1.31. The number of fused-ring (bicyclic) bond motifs is 2. The van der Waals surface area contributed by atoms with Gasteiger partial charge in [0.05, 0.1) is 0 Å². The van der Waals surface area contributed by atoms with Crippen LogP contribution >= 0.6 is 7.92 Å². The topological polar surface area (TPSA) is 78.9 Å². The SMILES string of the molecule is Cc1cc(P(c2ccccc2)c2ccccc2)cc(C)c1OCC(=O)OC1C2CCC(C2)C1O[SH](=O)=O. The molecule has 2 saturated carbocycles. The third-order valence-corrected chi connectivity index (χ3v) is 10.1. The fourth-order valence-electron chi connectivity index (χ4n) is 5.80. The molecule has 5 rings (SSSR count). The van der Waals surface area contributed by atoms with E-state index in [1.165, 1.54) is 15.9 Å². The van der Waals surface area contributed by atoms with Crippen molar-refractivity contribution in [2.24, 2.45) is 11.8 Å². The van der Waals surface area contributed by atoms with E-state index in [1.807, 2.05) is 26.0 Å². The molecule has 4 unspecified atom stereocenters. The standard InChI is InChI=1S/C29H31O6PS/c1-19-15-25(36(23-9-5-3-6-10-23)24-11-7-4-8-12-24)16-20(2)27(19)33-18-26(30)34-28-21-13-14-22(17-21)29(28)35-37(31)32/h3-12,15-16,21-22,28-29,37H,13-14,17-18H2,1-2H3. The van der Waals surface area contributed by atoms with Crippen LogP contribution in [0.2, 0.25) is 0 Å². The lowest BCUT2D eigenvalue weighted by molar-refractivity contribution is -0.159. The smallest absolute Gasteiger partial charge is 0.344 e. The lowest BCUT2D eigenvalue weighted by Gasteiger charge is -2.28. The van der Waals surface area contributed by atoms with Crippen LogP contribution in [-0.4, -0.2) is 33.2 Å². The summed E-state index contributed by atoms with van der Waals surface area (Å²) in [5, 5.41) is 3.75. The molecule has 37 heavy (non-hydrogen) atoms. The molecule has 6 nitrogen and oxygen atoms in total. The van der Waals surface area contributed by atoms with Crippen LogP contribution in [0.25, 0.3) is 0 Å². The van der Waals surface area contributed by atoms with Crippen LogP contribution in [0, 0.1) is 25.7 Å². The summed E-state index contributed by atoms with van der Waals surface area (Å²) in [5.74, 6) is 0.427. The van der Waals surface area contributed by atoms with E-state index in [-0.39, 0.29) is 18.4 Å². The highest BCUT2D eigenvalue weighted by molar-refractivity contribution is 7.79. The van der Waals surface area contributed by atoms with Crippen molar-refractivity contribution in [3.05, 3.63) is 83.9 Å². The molecule has 0 saturated heterocycles. The second-order valence-electron chi connectivity index (χ2n) is 9.79. The van der Waals surface area contributed by atoms with Crippen molar-refractivity contribution in [1.29, 1.82) is 0 Å². The number of hydrogen-bond donors (Lipinski definition) is 1. The van der Waals surface area contributed by atoms with Crippen LogP contribution in [0.1, 0.15) is 30.4 Å². The van der Waals surface area contributed by atoms with Crippen LogP contribution in [0.3, 0.4) is 0 Å². The lowest BCUT2D eigenvalue weighted by atomic mass is 9.95. The van der Waals surface area contributed by atoms with Gasteiger partial charge in [-0.15, -0.1) is 0 Å². The summed E-state index contributed by atoms with van der Waals surface area (Å²) in [7, 11) is -3.74. The summed E-state index contributed by atoms with van der Waals surface area (Å²) >= 11 is 0. The first-order valence-electron chi connectivity index (χ1n) is 12.6. The minimum absolute atomic E-state index is 0.123. The van der Waals surface area contributed by atoms with Gasteiger partial charge in [-0.05, 0) is 92.0 Å². The van der Waals surface area contributed by atoms with Gasteiger partial charge in [0.15, 0.2) is 6.61 Å². The Hall–Kier alpha value is -2.73. The molecular weight excluding hydrogens is 507 g/mol. The first-order chi connectivity index (χ1) is 17.9. The Morgan fingerprint density at radius 3 is 1.92 bits per heavy atom. The second kappa shape index (κ2) is 11.3. The second-order valence-corrected chi connectivity index (χ2v) is 12.7. The van der Waals surface area contributed by atoms with Gasteiger partial charge in [0.2, 0.25) is 0 Å². The number of benzene rings is 3. The van der Waals surface area contributed by atoms with E-state index < -0.39 is 37.1 Å². The van der Waals surface area contributed by atoms with Crippen LogP contribution in [0.5, 0.6) is 5.75 Å². The van der Waals surface area contributed by atoms with E-state index >= 15 is 0 Å². The molecule has 3 aromatic carbocycles. The Labute approximate surface area is 220 Å². The van der Waals surface area contributed by atoms with Gasteiger partial charge in [0.25, 0.3) is 11.0 Å². The molecule has 0 radical (unpaired) electrons. The molecule has 2 aliphatic rings. The van der Waals surface area contributed by atoms with E-state index in [9.17, 15) is 13.2 Å². The summed E-state index contributed by atoms with van der Waals surface area (Å²) in [6.45, 7) is 3.74. The van der Waals surface area contributed by atoms with Crippen LogP contribution < -0.4 is 20.7 Å². The molecule has 2 bridgehead atoms. The van der Waals surface area contributed by atoms with Gasteiger partial charge < -0.3 is 9.47 Å². The highest BCUT2D eigenvalue weighted by Crippen LogP contribution is 2.47. The number of hydrogen-bond acceptors (Lipinski definition) is 6. The Morgan fingerprint density at radius 2 is 1.38 bits per heavy atom. The molecule has 2 fully saturated rings. The van der Waals surface area contributed by atoms with Crippen molar-refractivity contribution in [3.63, 3.8) is 0 Å². The number of carbonyl (C=O) groups is 1. The molecule has 8 heteroatoms. The molecule has 2 aliphatic carbocycles.